The largest absolute Gasteiger partial charge is 0.494 e. The Kier molecular flexibility index (Phi) is 8.57. The van der Waals surface area contributed by atoms with Crippen LogP contribution in [0.3, 0.4) is 0 Å². The van der Waals surface area contributed by atoms with Gasteiger partial charge in [0.25, 0.3) is 5.91 Å². The quantitative estimate of drug-likeness (QED) is 0.605. The molecule has 31 heavy (non-hydrogen) atoms. The van der Waals surface area contributed by atoms with Crippen LogP contribution in [0.4, 0.5) is 5.69 Å². The maximum Gasteiger partial charge on any atom is 0.337 e. The first kappa shape index (κ1) is 23.9. The molecule has 0 saturated carbocycles. The molecule has 0 saturated heterocycles. The number of rotatable bonds is 9. The van der Waals surface area contributed by atoms with Crippen LogP contribution in [-0.2, 0) is 20.8 Å². The highest BCUT2D eigenvalue weighted by atomic mass is 16.5. The molecule has 1 amide bonds. The van der Waals surface area contributed by atoms with Crippen LogP contribution < -0.4 is 10.1 Å². The van der Waals surface area contributed by atoms with Gasteiger partial charge in [0, 0.05) is 16.8 Å². The highest BCUT2D eigenvalue weighted by molar-refractivity contribution is 6.06. The zero-order valence-corrected chi connectivity index (χ0v) is 18.3. The molecule has 0 aromatic heterocycles. The predicted molar refractivity (Wildman–Crippen MR) is 115 cm³/mol. The smallest absolute Gasteiger partial charge is 0.337 e. The Labute approximate surface area is 181 Å². The van der Waals surface area contributed by atoms with E-state index < -0.39 is 17.8 Å². The minimum Gasteiger partial charge on any atom is -0.494 e. The molecule has 0 heterocycles. The Bertz CT molecular complexity index is 919. The summed E-state index contributed by atoms with van der Waals surface area (Å²) in [6, 6.07) is 9.22. The lowest BCUT2D eigenvalue weighted by Crippen LogP contribution is -2.15. The third-order valence-electron chi connectivity index (χ3n) is 4.23. The van der Waals surface area contributed by atoms with Crippen molar-refractivity contribution in [2.24, 2.45) is 0 Å². The van der Waals surface area contributed by atoms with Gasteiger partial charge in [0.05, 0.1) is 44.7 Å². The molecule has 0 radical (unpaired) electrons. The Morgan fingerprint density at radius 3 is 2.03 bits per heavy atom. The Morgan fingerprint density at radius 2 is 1.52 bits per heavy atom. The van der Waals surface area contributed by atoms with Crippen LogP contribution in [0.15, 0.2) is 36.4 Å². The summed E-state index contributed by atoms with van der Waals surface area (Å²) in [4.78, 5) is 36.7. The summed E-state index contributed by atoms with van der Waals surface area (Å²) in [7, 11) is 2.46. The van der Waals surface area contributed by atoms with Crippen molar-refractivity contribution in [3.8, 4) is 5.75 Å². The molecule has 2 aromatic carbocycles. The van der Waals surface area contributed by atoms with Gasteiger partial charge in [-0.2, -0.15) is 0 Å². The number of benzene rings is 2. The van der Waals surface area contributed by atoms with Crippen LogP contribution in [-0.4, -0.2) is 44.8 Å². The van der Waals surface area contributed by atoms with Gasteiger partial charge in [0.2, 0.25) is 0 Å². The van der Waals surface area contributed by atoms with Crippen LogP contribution in [0, 0.1) is 0 Å². The van der Waals surface area contributed by atoms with Crippen molar-refractivity contribution >= 4 is 23.5 Å². The highest BCUT2D eigenvalue weighted by Crippen LogP contribution is 2.23. The fourth-order valence-electron chi connectivity index (χ4n) is 2.76. The van der Waals surface area contributed by atoms with Gasteiger partial charge in [0.1, 0.15) is 5.75 Å². The maximum atomic E-state index is 12.8. The zero-order valence-electron chi connectivity index (χ0n) is 18.3. The number of ether oxygens (including phenoxy) is 4. The first-order valence-corrected chi connectivity index (χ1v) is 9.79. The second-order valence-corrected chi connectivity index (χ2v) is 6.85. The standard InChI is InChI=1S/C23H27NO7/c1-6-30-20-8-7-15(9-18(20)13-31-14(2)3)21(25)24-19-11-16(22(26)28-4)10-17(12-19)23(27)29-5/h7-12,14H,6,13H2,1-5H3,(H,24,25). The van der Waals surface area contributed by atoms with Crippen LogP contribution in [0.2, 0.25) is 0 Å². The second-order valence-electron chi connectivity index (χ2n) is 6.85. The van der Waals surface area contributed by atoms with Gasteiger partial charge >= 0.3 is 11.9 Å². The number of methoxy groups -OCH3 is 2. The van der Waals surface area contributed by atoms with E-state index in [4.69, 9.17) is 18.9 Å². The number of hydrogen-bond donors (Lipinski definition) is 1. The van der Waals surface area contributed by atoms with E-state index in [1.54, 1.807) is 18.2 Å². The highest BCUT2D eigenvalue weighted by Gasteiger charge is 2.17. The first-order valence-electron chi connectivity index (χ1n) is 9.79. The first-order chi connectivity index (χ1) is 14.8. The molecule has 1 N–H and O–H groups in total. The summed E-state index contributed by atoms with van der Waals surface area (Å²) in [6.45, 7) is 6.49. The van der Waals surface area contributed by atoms with Crippen molar-refractivity contribution in [2.45, 2.75) is 33.5 Å². The van der Waals surface area contributed by atoms with E-state index in [0.717, 1.165) is 5.56 Å². The molecule has 0 aliphatic rings. The van der Waals surface area contributed by atoms with Crippen LogP contribution >= 0.6 is 0 Å². The molecular formula is C23H27NO7. The van der Waals surface area contributed by atoms with Crippen molar-refractivity contribution in [2.75, 3.05) is 26.1 Å². The molecule has 0 bridgehead atoms. The molecule has 8 heteroatoms. The second kappa shape index (κ2) is 11.1. The molecular weight excluding hydrogens is 402 g/mol. The van der Waals surface area contributed by atoms with Gasteiger partial charge in [-0.3, -0.25) is 4.79 Å². The summed E-state index contributed by atoms with van der Waals surface area (Å²) in [6.07, 6.45) is 0.0183. The van der Waals surface area contributed by atoms with Crippen molar-refractivity contribution in [1.29, 1.82) is 0 Å². The topological polar surface area (TPSA) is 100 Å². The summed E-state index contributed by atoms with van der Waals surface area (Å²) < 4.78 is 20.7. The Morgan fingerprint density at radius 1 is 0.903 bits per heavy atom. The lowest BCUT2D eigenvalue weighted by atomic mass is 10.1. The number of hydrogen-bond acceptors (Lipinski definition) is 7. The molecule has 8 nitrogen and oxygen atoms in total. The average molecular weight is 429 g/mol. The average Bonchev–Trinajstić information content (AvgIpc) is 2.76. The number of esters is 2. The lowest BCUT2D eigenvalue weighted by molar-refractivity contribution is 0.0598. The molecule has 0 spiro atoms. The van der Waals surface area contributed by atoms with E-state index in [-0.39, 0.29) is 22.9 Å². The van der Waals surface area contributed by atoms with E-state index in [1.165, 1.54) is 32.4 Å². The maximum absolute atomic E-state index is 12.8. The Hall–Kier alpha value is -3.39. The molecule has 2 rings (SSSR count). The van der Waals surface area contributed by atoms with Gasteiger partial charge in [-0.05, 0) is 57.2 Å². The minimum absolute atomic E-state index is 0.0183. The fraction of sp³-hybridized carbons (Fsp3) is 0.348. The molecule has 0 aliphatic heterocycles. The van der Waals surface area contributed by atoms with Crippen molar-refractivity contribution in [1.82, 2.24) is 0 Å². The lowest BCUT2D eigenvalue weighted by Gasteiger charge is -2.14. The Balaban J connectivity index is 2.34. The van der Waals surface area contributed by atoms with E-state index in [2.05, 4.69) is 5.32 Å². The molecule has 166 valence electrons. The third-order valence-corrected chi connectivity index (χ3v) is 4.23. The number of nitrogens with one attached hydrogen (secondary N) is 1. The van der Waals surface area contributed by atoms with E-state index in [1.807, 2.05) is 20.8 Å². The SMILES string of the molecule is CCOc1ccc(C(=O)Nc2cc(C(=O)OC)cc(C(=O)OC)c2)cc1COC(C)C. The number of anilines is 1. The summed E-state index contributed by atoms with van der Waals surface area (Å²) >= 11 is 0. The fourth-order valence-corrected chi connectivity index (χ4v) is 2.76. The molecule has 0 fully saturated rings. The normalized spacial score (nSPS) is 10.5. The van der Waals surface area contributed by atoms with Gasteiger partial charge in [-0.15, -0.1) is 0 Å². The summed E-state index contributed by atoms with van der Waals surface area (Å²) in [5.74, 6) is -1.07. The number of carbonyl (C=O) groups excluding carboxylic acids is 3. The van der Waals surface area contributed by atoms with Gasteiger partial charge in [0.15, 0.2) is 0 Å². The van der Waals surface area contributed by atoms with Gasteiger partial charge < -0.3 is 24.3 Å². The van der Waals surface area contributed by atoms with Crippen LogP contribution in [0.25, 0.3) is 0 Å². The zero-order chi connectivity index (χ0) is 23.0. The minimum atomic E-state index is -0.643. The van der Waals surface area contributed by atoms with Crippen molar-refractivity contribution in [3.63, 3.8) is 0 Å². The van der Waals surface area contributed by atoms with E-state index >= 15 is 0 Å². The summed E-state index contributed by atoms with van der Waals surface area (Å²) in [5, 5.41) is 2.70. The van der Waals surface area contributed by atoms with Crippen molar-refractivity contribution in [3.05, 3.63) is 58.7 Å². The van der Waals surface area contributed by atoms with Crippen LogP contribution in [0.5, 0.6) is 5.75 Å². The van der Waals surface area contributed by atoms with Crippen molar-refractivity contribution < 1.29 is 33.3 Å². The summed E-state index contributed by atoms with van der Waals surface area (Å²) in [5.41, 5.74) is 1.58. The van der Waals surface area contributed by atoms with Crippen LogP contribution in [0.1, 0.15) is 57.4 Å². The van der Waals surface area contributed by atoms with E-state index in [9.17, 15) is 14.4 Å². The number of carbonyl (C=O) groups is 3. The molecule has 2 aromatic rings. The number of amides is 1. The molecule has 0 aliphatic carbocycles. The monoisotopic (exact) mass is 429 g/mol. The molecule has 0 unspecified atom stereocenters. The predicted octanol–water partition coefficient (Wildman–Crippen LogP) is 3.84. The van der Waals surface area contributed by atoms with Gasteiger partial charge in [-0.25, -0.2) is 9.59 Å². The molecule has 0 atom stereocenters. The van der Waals surface area contributed by atoms with Gasteiger partial charge in [-0.1, -0.05) is 0 Å². The third kappa shape index (κ3) is 6.55. The van der Waals surface area contributed by atoms with E-state index in [0.29, 0.717) is 24.5 Å².